The summed E-state index contributed by atoms with van der Waals surface area (Å²) in [6.07, 6.45) is 1.79. The zero-order valence-corrected chi connectivity index (χ0v) is 12.3. The van der Waals surface area contributed by atoms with Crippen LogP contribution in [-0.2, 0) is 9.59 Å². The second-order valence-electron chi connectivity index (χ2n) is 4.75. The molecule has 2 amide bonds. The third kappa shape index (κ3) is 5.49. The number of halogens is 2. The lowest BCUT2D eigenvalue weighted by Gasteiger charge is -2.20. The summed E-state index contributed by atoms with van der Waals surface area (Å²) >= 11 is 0. The van der Waals surface area contributed by atoms with Crippen LogP contribution in [0.5, 0.6) is 0 Å². The van der Waals surface area contributed by atoms with Crippen LogP contribution in [0.2, 0.25) is 0 Å². The minimum atomic E-state index is -0.822. The summed E-state index contributed by atoms with van der Waals surface area (Å²) in [4.78, 5) is 24.7. The summed E-state index contributed by atoms with van der Waals surface area (Å²) in [6, 6.07) is 3.37. The average Bonchev–Trinajstić information content (AvgIpc) is 2.42. The monoisotopic (exact) mass is 298 g/mol. The summed E-state index contributed by atoms with van der Waals surface area (Å²) in [5.41, 5.74) is -0.453. The van der Waals surface area contributed by atoms with Crippen molar-refractivity contribution >= 4 is 17.5 Å². The summed E-state index contributed by atoms with van der Waals surface area (Å²) < 4.78 is 26.8. The van der Waals surface area contributed by atoms with Gasteiger partial charge in [-0.2, -0.15) is 0 Å². The van der Waals surface area contributed by atoms with E-state index >= 15 is 0 Å². The van der Waals surface area contributed by atoms with Gasteiger partial charge in [-0.25, -0.2) is 8.78 Å². The smallest absolute Gasteiger partial charge is 0.226 e. The van der Waals surface area contributed by atoms with Crippen LogP contribution in [0.3, 0.4) is 0 Å². The quantitative estimate of drug-likeness (QED) is 0.841. The SMILES string of the molecule is CCCCN(CCC(=O)Nc1c(F)cccc1F)C(C)=O. The van der Waals surface area contributed by atoms with E-state index in [1.165, 1.54) is 13.0 Å². The summed E-state index contributed by atoms with van der Waals surface area (Å²) in [5, 5.41) is 2.20. The van der Waals surface area contributed by atoms with Crippen molar-refractivity contribution in [3.05, 3.63) is 29.8 Å². The Morgan fingerprint density at radius 3 is 2.33 bits per heavy atom. The molecule has 1 aromatic carbocycles. The zero-order chi connectivity index (χ0) is 15.8. The predicted molar refractivity (Wildman–Crippen MR) is 76.8 cm³/mol. The molecule has 0 bridgehead atoms. The molecule has 0 saturated carbocycles. The van der Waals surface area contributed by atoms with E-state index < -0.39 is 23.2 Å². The Morgan fingerprint density at radius 2 is 1.81 bits per heavy atom. The topological polar surface area (TPSA) is 49.4 Å². The molecule has 0 radical (unpaired) electrons. The molecule has 0 aromatic heterocycles. The number of anilines is 1. The fourth-order valence-corrected chi connectivity index (χ4v) is 1.83. The molecule has 0 aliphatic carbocycles. The summed E-state index contributed by atoms with van der Waals surface area (Å²) in [6.45, 7) is 4.25. The minimum absolute atomic E-state index is 0.00291. The van der Waals surface area contributed by atoms with Crippen LogP contribution in [0.4, 0.5) is 14.5 Å². The van der Waals surface area contributed by atoms with Gasteiger partial charge in [0.15, 0.2) is 0 Å². The van der Waals surface area contributed by atoms with Crippen LogP contribution in [0.15, 0.2) is 18.2 Å². The van der Waals surface area contributed by atoms with E-state index in [2.05, 4.69) is 5.32 Å². The van der Waals surface area contributed by atoms with Crippen LogP contribution < -0.4 is 5.32 Å². The number of nitrogens with one attached hydrogen (secondary N) is 1. The molecule has 116 valence electrons. The van der Waals surface area contributed by atoms with Crippen molar-refractivity contribution in [3.8, 4) is 0 Å². The maximum absolute atomic E-state index is 13.4. The number of nitrogens with zero attached hydrogens (tertiary/aromatic N) is 1. The molecule has 4 nitrogen and oxygen atoms in total. The van der Waals surface area contributed by atoms with Gasteiger partial charge in [0.2, 0.25) is 11.8 Å². The first-order chi connectivity index (χ1) is 9.95. The molecule has 0 aliphatic rings. The molecule has 0 saturated heterocycles. The van der Waals surface area contributed by atoms with Crippen molar-refractivity contribution < 1.29 is 18.4 Å². The standard InChI is InChI=1S/C15H20F2N2O2/c1-3-4-9-19(11(2)20)10-8-14(21)18-15-12(16)6-5-7-13(15)17/h5-7H,3-4,8-10H2,1-2H3,(H,18,21). The maximum atomic E-state index is 13.4. The Kier molecular flexibility index (Phi) is 6.78. The number of hydrogen-bond acceptors (Lipinski definition) is 2. The molecular formula is C15H20F2N2O2. The van der Waals surface area contributed by atoms with Crippen molar-refractivity contribution in [1.29, 1.82) is 0 Å². The number of carbonyl (C=O) groups excluding carboxylic acids is 2. The van der Waals surface area contributed by atoms with E-state index in [4.69, 9.17) is 0 Å². The van der Waals surface area contributed by atoms with Gasteiger partial charge in [0.1, 0.15) is 17.3 Å². The van der Waals surface area contributed by atoms with Crippen LogP contribution in [0.1, 0.15) is 33.1 Å². The van der Waals surface area contributed by atoms with E-state index in [-0.39, 0.29) is 18.9 Å². The first kappa shape index (κ1) is 17.1. The van der Waals surface area contributed by atoms with Gasteiger partial charge in [0.25, 0.3) is 0 Å². The Balaban J connectivity index is 2.55. The van der Waals surface area contributed by atoms with E-state index in [0.29, 0.717) is 6.54 Å². The third-order valence-electron chi connectivity index (χ3n) is 3.06. The second-order valence-corrected chi connectivity index (χ2v) is 4.75. The van der Waals surface area contributed by atoms with Crippen molar-refractivity contribution in [2.75, 3.05) is 18.4 Å². The molecule has 21 heavy (non-hydrogen) atoms. The van der Waals surface area contributed by atoms with Gasteiger partial charge in [-0.3, -0.25) is 9.59 Å². The normalized spacial score (nSPS) is 10.3. The van der Waals surface area contributed by atoms with Crippen LogP contribution in [0, 0.1) is 11.6 Å². The first-order valence-corrected chi connectivity index (χ1v) is 6.95. The lowest BCUT2D eigenvalue weighted by Crippen LogP contribution is -2.33. The molecule has 0 aliphatic heterocycles. The van der Waals surface area contributed by atoms with Gasteiger partial charge in [-0.15, -0.1) is 0 Å². The molecule has 0 spiro atoms. The fraction of sp³-hybridized carbons (Fsp3) is 0.467. The number of unbranched alkanes of at least 4 members (excludes halogenated alkanes) is 1. The largest absolute Gasteiger partial charge is 0.342 e. The number of carbonyl (C=O) groups is 2. The van der Waals surface area contributed by atoms with Gasteiger partial charge in [0.05, 0.1) is 0 Å². The highest BCUT2D eigenvalue weighted by molar-refractivity contribution is 5.91. The van der Waals surface area contributed by atoms with E-state index in [1.54, 1.807) is 4.90 Å². The molecular weight excluding hydrogens is 278 g/mol. The van der Waals surface area contributed by atoms with Crippen molar-refractivity contribution in [1.82, 2.24) is 4.90 Å². The lowest BCUT2D eigenvalue weighted by atomic mass is 10.2. The highest BCUT2D eigenvalue weighted by Gasteiger charge is 2.14. The molecule has 6 heteroatoms. The minimum Gasteiger partial charge on any atom is -0.342 e. The van der Waals surface area contributed by atoms with Gasteiger partial charge in [-0.05, 0) is 18.6 Å². The zero-order valence-electron chi connectivity index (χ0n) is 12.3. The second kappa shape index (κ2) is 8.34. The highest BCUT2D eigenvalue weighted by atomic mass is 19.1. The molecule has 0 fully saturated rings. The van der Waals surface area contributed by atoms with E-state index in [1.807, 2.05) is 6.92 Å². The number of hydrogen-bond donors (Lipinski definition) is 1. The van der Waals surface area contributed by atoms with Crippen molar-refractivity contribution in [2.24, 2.45) is 0 Å². The first-order valence-electron chi connectivity index (χ1n) is 6.95. The number of amides is 2. The summed E-state index contributed by atoms with van der Waals surface area (Å²) in [5.74, 6) is -2.29. The average molecular weight is 298 g/mol. The third-order valence-corrected chi connectivity index (χ3v) is 3.06. The van der Waals surface area contributed by atoms with Crippen molar-refractivity contribution in [3.63, 3.8) is 0 Å². The highest BCUT2D eigenvalue weighted by Crippen LogP contribution is 2.18. The fourth-order valence-electron chi connectivity index (χ4n) is 1.83. The maximum Gasteiger partial charge on any atom is 0.226 e. The van der Waals surface area contributed by atoms with Crippen LogP contribution in [0.25, 0.3) is 0 Å². The Bertz CT molecular complexity index is 486. The summed E-state index contributed by atoms with van der Waals surface area (Å²) in [7, 11) is 0. The Hall–Kier alpha value is -1.98. The Morgan fingerprint density at radius 1 is 1.19 bits per heavy atom. The Labute approximate surface area is 123 Å². The van der Waals surface area contributed by atoms with Crippen LogP contribution in [-0.4, -0.2) is 29.8 Å². The van der Waals surface area contributed by atoms with Crippen LogP contribution >= 0.6 is 0 Å². The number of para-hydroxylation sites is 1. The molecule has 1 aromatic rings. The van der Waals surface area contributed by atoms with E-state index in [0.717, 1.165) is 25.0 Å². The lowest BCUT2D eigenvalue weighted by molar-refractivity contribution is -0.129. The van der Waals surface area contributed by atoms with Gasteiger partial charge >= 0.3 is 0 Å². The van der Waals surface area contributed by atoms with Gasteiger partial charge < -0.3 is 10.2 Å². The van der Waals surface area contributed by atoms with Gasteiger partial charge in [-0.1, -0.05) is 19.4 Å². The molecule has 0 unspecified atom stereocenters. The molecule has 1 N–H and O–H groups in total. The number of benzene rings is 1. The molecule has 0 heterocycles. The van der Waals surface area contributed by atoms with Gasteiger partial charge in [0, 0.05) is 26.4 Å². The molecule has 1 rings (SSSR count). The number of rotatable bonds is 7. The predicted octanol–water partition coefficient (Wildman–Crippen LogP) is 2.94. The molecule has 0 atom stereocenters. The van der Waals surface area contributed by atoms with Crippen molar-refractivity contribution in [2.45, 2.75) is 33.1 Å². The van der Waals surface area contributed by atoms with E-state index in [9.17, 15) is 18.4 Å².